The van der Waals surface area contributed by atoms with Gasteiger partial charge < -0.3 is 9.47 Å². The van der Waals surface area contributed by atoms with E-state index in [1.54, 1.807) is 0 Å². The van der Waals surface area contributed by atoms with Gasteiger partial charge in [0, 0.05) is 45.5 Å². The van der Waals surface area contributed by atoms with E-state index in [1.807, 2.05) is 0 Å². The molecule has 1 aliphatic heterocycles. The molecule has 3 nitrogen and oxygen atoms in total. The number of fused-ring (bicyclic) bond motifs is 1. The summed E-state index contributed by atoms with van der Waals surface area (Å²) in [5, 5.41) is 1.38. The number of piperazine rings is 1. The minimum Gasteiger partial charge on any atom is -0.346 e. The van der Waals surface area contributed by atoms with Crippen LogP contribution in [0.2, 0.25) is 0 Å². The number of para-hydroxylation sites is 1. The molecule has 3 rings (SSSR count). The molecule has 0 bridgehead atoms. The lowest BCUT2D eigenvalue weighted by molar-refractivity contribution is 0.150. The van der Waals surface area contributed by atoms with Gasteiger partial charge in [0.05, 0.1) is 5.52 Å². The van der Waals surface area contributed by atoms with Gasteiger partial charge >= 0.3 is 0 Å². The fraction of sp³-hybridized carbons (Fsp3) is 0.529. The van der Waals surface area contributed by atoms with Gasteiger partial charge in [-0.1, -0.05) is 25.1 Å². The first kappa shape index (κ1) is 13.7. The molecule has 0 aliphatic carbocycles. The highest BCUT2D eigenvalue weighted by atomic mass is 15.2. The van der Waals surface area contributed by atoms with Crippen LogP contribution in [-0.4, -0.2) is 54.1 Å². The van der Waals surface area contributed by atoms with E-state index < -0.39 is 0 Å². The van der Waals surface area contributed by atoms with Crippen LogP contribution in [0, 0.1) is 0 Å². The second-order valence-electron chi connectivity index (χ2n) is 5.86. The largest absolute Gasteiger partial charge is 0.346 e. The topological polar surface area (TPSA) is 11.4 Å². The number of nitrogens with zero attached hydrogens (tertiary/aromatic N) is 3. The number of benzene rings is 1. The zero-order chi connectivity index (χ0) is 13.9. The van der Waals surface area contributed by atoms with Crippen molar-refractivity contribution in [1.29, 1.82) is 0 Å². The van der Waals surface area contributed by atoms with Crippen molar-refractivity contribution in [3.05, 3.63) is 36.0 Å². The number of hydrogen-bond donors (Lipinski definition) is 0. The summed E-state index contributed by atoms with van der Waals surface area (Å²) in [4.78, 5) is 5.00. The van der Waals surface area contributed by atoms with Gasteiger partial charge in [0.2, 0.25) is 0 Å². The summed E-state index contributed by atoms with van der Waals surface area (Å²) in [6.45, 7) is 9.32. The molecule has 1 aromatic carbocycles. The maximum absolute atomic E-state index is 2.58. The standard InChI is InChI=1S/C17H25N3/c1-3-15-5-4-6-16-7-8-20(17(15)16)14-13-19-11-9-18(2)10-12-19/h4-8H,3,9-14H2,1-2H3. The van der Waals surface area contributed by atoms with Crippen molar-refractivity contribution in [3.63, 3.8) is 0 Å². The Balaban J connectivity index is 1.71. The number of rotatable bonds is 4. The van der Waals surface area contributed by atoms with Gasteiger partial charge in [-0.15, -0.1) is 0 Å². The normalized spacial score (nSPS) is 17.9. The number of aromatic nitrogens is 1. The van der Waals surface area contributed by atoms with Crippen LogP contribution in [-0.2, 0) is 13.0 Å². The summed E-state index contributed by atoms with van der Waals surface area (Å²) in [7, 11) is 2.21. The summed E-state index contributed by atoms with van der Waals surface area (Å²) in [5.41, 5.74) is 2.90. The lowest BCUT2D eigenvalue weighted by Gasteiger charge is -2.32. The first-order valence-electron chi connectivity index (χ1n) is 7.75. The van der Waals surface area contributed by atoms with Crippen molar-refractivity contribution in [3.8, 4) is 0 Å². The molecule has 0 N–H and O–H groups in total. The molecule has 2 heterocycles. The summed E-state index contributed by atoms with van der Waals surface area (Å²) >= 11 is 0. The molecule has 0 spiro atoms. The summed E-state index contributed by atoms with van der Waals surface area (Å²) in [5.74, 6) is 0. The minimum atomic E-state index is 1.10. The summed E-state index contributed by atoms with van der Waals surface area (Å²) in [6.07, 6.45) is 3.36. The molecule has 20 heavy (non-hydrogen) atoms. The Labute approximate surface area is 121 Å². The number of likely N-dealkylation sites (N-methyl/N-ethyl adjacent to an activating group) is 1. The SMILES string of the molecule is CCc1cccc2ccn(CCN3CCN(C)CC3)c12. The van der Waals surface area contributed by atoms with E-state index in [-0.39, 0.29) is 0 Å². The number of hydrogen-bond acceptors (Lipinski definition) is 2. The van der Waals surface area contributed by atoms with Crippen molar-refractivity contribution in [2.75, 3.05) is 39.8 Å². The smallest absolute Gasteiger partial charge is 0.0513 e. The van der Waals surface area contributed by atoms with E-state index in [1.165, 1.54) is 42.6 Å². The zero-order valence-corrected chi connectivity index (χ0v) is 12.7. The Bertz CT molecular complexity index is 565. The molecule has 2 aromatic rings. The van der Waals surface area contributed by atoms with Gasteiger partial charge in [0.25, 0.3) is 0 Å². The van der Waals surface area contributed by atoms with Crippen molar-refractivity contribution < 1.29 is 0 Å². The molecule has 0 unspecified atom stereocenters. The fourth-order valence-electron chi connectivity index (χ4n) is 3.13. The third-order valence-electron chi connectivity index (χ3n) is 4.51. The predicted molar refractivity (Wildman–Crippen MR) is 85.3 cm³/mol. The van der Waals surface area contributed by atoms with Crippen LogP contribution in [0.1, 0.15) is 12.5 Å². The van der Waals surface area contributed by atoms with Crippen molar-refractivity contribution in [2.45, 2.75) is 19.9 Å². The Morgan fingerprint density at radius 2 is 1.80 bits per heavy atom. The first-order valence-corrected chi connectivity index (χ1v) is 7.75. The molecule has 0 atom stereocenters. The molecule has 1 aliphatic rings. The Morgan fingerprint density at radius 1 is 1.00 bits per heavy atom. The van der Waals surface area contributed by atoms with E-state index in [0.717, 1.165) is 19.5 Å². The number of aryl methyl sites for hydroxylation is 1. The van der Waals surface area contributed by atoms with Crippen LogP contribution in [0.5, 0.6) is 0 Å². The van der Waals surface area contributed by atoms with E-state index in [9.17, 15) is 0 Å². The van der Waals surface area contributed by atoms with E-state index in [4.69, 9.17) is 0 Å². The molecule has 0 saturated carbocycles. The summed E-state index contributed by atoms with van der Waals surface area (Å²) < 4.78 is 2.44. The van der Waals surface area contributed by atoms with E-state index in [0.29, 0.717) is 0 Å². The molecule has 1 fully saturated rings. The molecule has 3 heteroatoms. The fourth-order valence-corrected chi connectivity index (χ4v) is 3.13. The van der Waals surface area contributed by atoms with Gasteiger partial charge in [0.15, 0.2) is 0 Å². The Hall–Kier alpha value is -1.32. The Kier molecular flexibility index (Phi) is 4.08. The lowest BCUT2D eigenvalue weighted by Crippen LogP contribution is -2.45. The quantitative estimate of drug-likeness (QED) is 0.846. The lowest BCUT2D eigenvalue weighted by atomic mass is 10.1. The predicted octanol–water partition coefficient (Wildman–Crippen LogP) is 2.45. The third-order valence-corrected chi connectivity index (χ3v) is 4.51. The average Bonchev–Trinajstić information content (AvgIpc) is 2.90. The molecule has 1 saturated heterocycles. The highest BCUT2D eigenvalue weighted by molar-refractivity contribution is 5.83. The van der Waals surface area contributed by atoms with Gasteiger partial charge in [-0.05, 0) is 30.5 Å². The monoisotopic (exact) mass is 271 g/mol. The molecule has 0 radical (unpaired) electrons. The third kappa shape index (κ3) is 2.74. The molecule has 1 aromatic heterocycles. The van der Waals surface area contributed by atoms with Crippen LogP contribution in [0.3, 0.4) is 0 Å². The second-order valence-corrected chi connectivity index (χ2v) is 5.86. The Morgan fingerprint density at radius 3 is 2.55 bits per heavy atom. The van der Waals surface area contributed by atoms with Gasteiger partial charge in [-0.3, -0.25) is 4.90 Å². The van der Waals surface area contributed by atoms with E-state index in [2.05, 4.69) is 58.8 Å². The van der Waals surface area contributed by atoms with Gasteiger partial charge in [-0.2, -0.15) is 0 Å². The molecular formula is C17H25N3. The molecule has 108 valence electrons. The van der Waals surface area contributed by atoms with Crippen LogP contribution >= 0.6 is 0 Å². The highest BCUT2D eigenvalue weighted by Crippen LogP contribution is 2.21. The maximum atomic E-state index is 2.58. The van der Waals surface area contributed by atoms with Crippen LogP contribution in [0.15, 0.2) is 30.5 Å². The minimum absolute atomic E-state index is 1.10. The van der Waals surface area contributed by atoms with E-state index >= 15 is 0 Å². The molecule has 0 amide bonds. The van der Waals surface area contributed by atoms with Crippen LogP contribution in [0.4, 0.5) is 0 Å². The molecular weight excluding hydrogens is 246 g/mol. The van der Waals surface area contributed by atoms with Crippen LogP contribution < -0.4 is 0 Å². The maximum Gasteiger partial charge on any atom is 0.0513 e. The van der Waals surface area contributed by atoms with Crippen molar-refractivity contribution >= 4 is 10.9 Å². The van der Waals surface area contributed by atoms with Crippen molar-refractivity contribution in [2.24, 2.45) is 0 Å². The summed E-state index contributed by atoms with van der Waals surface area (Å²) in [6, 6.07) is 8.90. The van der Waals surface area contributed by atoms with Crippen LogP contribution in [0.25, 0.3) is 10.9 Å². The van der Waals surface area contributed by atoms with Gasteiger partial charge in [0.1, 0.15) is 0 Å². The first-order chi connectivity index (χ1) is 9.78. The van der Waals surface area contributed by atoms with Crippen molar-refractivity contribution in [1.82, 2.24) is 14.4 Å². The average molecular weight is 271 g/mol. The van der Waals surface area contributed by atoms with Gasteiger partial charge in [-0.25, -0.2) is 0 Å². The highest BCUT2D eigenvalue weighted by Gasteiger charge is 2.13. The zero-order valence-electron chi connectivity index (χ0n) is 12.7. The second kappa shape index (κ2) is 5.98.